The van der Waals surface area contributed by atoms with Crippen molar-refractivity contribution in [3.05, 3.63) is 64.8 Å². The van der Waals surface area contributed by atoms with Gasteiger partial charge in [-0.25, -0.2) is 4.79 Å². The van der Waals surface area contributed by atoms with Crippen molar-refractivity contribution in [2.45, 2.75) is 19.8 Å². The molecule has 0 aliphatic heterocycles. The van der Waals surface area contributed by atoms with Crippen LogP contribution < -0.4 is 0 Å². The maximum Gasteiger partial charge on any atom is 0.328 e. The van der Waals surface area contributed by atoms with Crippen LogP contribution in [0.3, 0.4) is 0 Å². The highest BCUT2D eigenvalue weighted by atomic mass is 35.5. The average molecular weight is 275 g/mol. The Bertz CT molecular complexity index is 595. The van der Waals surface area contributed by atoms with Crippen LogP contribution in [0.5, 0.6) is 0 Å². The predicted molar refractivity (Wildman–Crippen MR) is 78.1 cm³/mol. The first-order valence-electron chi connectivity index (χ1n) is 6.14. The maximum absolute atomic E-state index is 10.5. The van der Waals surface area contributed by atoms with E-state index in [4.69, 9.17) is 16.7 Å². The van der Waals surface area contributed by atoms with E-state index in [1.807, 2.05) is 31.2 Å². The lowest BCUT2D eigenvalue weighted by atomic mass is 9.91. The van der Waals surface area contributed by atoms with E-state index in [0.717, 1.165) is 40.7 Å². The Morgan fingerprint density at radius 2 is 2.00 bits per heavy atom. The van der Waals surface area contributed by atoms with E-state index in [-0.39, 0.29) is 0 Å². The fourth-order valence-electron chi connectivity index (χ4n) is 2.17. The standard InChI is InChI=1S/C16H15ClO2/c1-11(6-9-15(18)19)10-13-8-7-12-4-2-3-5-14(12)16(13)17/h2-6,9-10H,7-8H2,1H3,(H,18,19)/b9-6+,11-10+. The normalized spacial score (nSPS) is 15.8. The van der Waals surface area contributed by atoms with Crippen LogP contribution >= 0.6 is 11.6 Å². The van der Waals surface area contributed by atoms with Gasteiger partial charge in [-0.05, 0) is 36.5 Å². The first kappa shape index (κ1) is 13.6. The molecule has 0 bridgehead atoms. The molecular formula is C16H15ClO2. The van der Waals surface area contributed by atoms with Crippen molar-refractivity contribution in [3.63, 3.8) is 0 Å². The van der Waals surface area contributed by atoms with Gasteiger partial charge < -0.3 is 5.11 Å². The lowest BCUT2D eigenvalue weighted by molar-refractivity contribution is -0.131. The molecule has 3 heteroatoms. The van der Waals surface area contributed by atoms with E-state index >= 15 is 0 Å². The molecule has 1 N–H and O–H groups in total. The number of carboxylic acids is 1. The molecule has 1 aliphatic carbocycles. The van der Waals surface area contributed by atoms with Crippen molar-refractivity contribution in [3.8, 4) is 0 Å². The Hall–Kier alpha value is -1.80. The molecular weight excluding hydrogens is 260 g/mol. The highest BCUT2D eigenvalue weighted by molar-refractivity contribution is 6.49. The molecule has 0 amide bonds. The van der Waals surface area contributed by atoms with E-state index in [9.17, 15) is 4.79 Å². The Balaban J connectivity index is 2.31. The predicted octanol–water partition coefficient (Wildman–Crippen LogP) is 4.17. The zero-order valence-electron chi connectivity index (χ0n) is 10.7. The summed E-state index contributed by atoms with van der Waals surface area (Å²) >= 11 is 6.41. The molecule has 0 heterocycles. The number of carboxylic acid groups (broad SMARTS) is 1. The van der Waals surface area contributed by atoms with Crippen molar-refractivity contribution in [2.24, 2.45) is 0 Å². The van der Waals surface area contributed by atoms with Gasteiger partial charge in [0.15, 0.2) is 0 Å². The van der Waals surface area contributed by atoms with Crippen LogP contribution in [0.1, 0.15) is 24.5 Å². The van der Waals surface area contributed by atoms with Crippen molar-refractivity contribution >= 4 is 22.6 Å². The average Bonchev–Trinajstić information content (AvgIpc) is 2.40. The van der Waals surface area contributed by atoms with Gasteiger partial charge >= 0.3 is 5.97 Å². The van der Waals surface area contributed by atoms with Gasteiger partial charge in [0.25, 0.3) is 0 Å². The van der Waals surface area contributed by atoms with Crippen molar-refractivity contribution in [2.75, 3.05) is 0 Å². The summed E-state index contributed by atoms with van der Waals surface area (Å²) in [5.74, 6) is -0.943. The van der Waals surface area contributed by atoms with Crippen LogP contribution in [-0.2, 0) is 11.2 Å². The minimum absolute atomic E-state index is 0.768. The van der Waals surface area contributed by atoms with Crippen LogP contribution in [0, 0.1) is 0 Å². The van der Waals surface area contributed by atoms with Crippen LogP contribution in [0.25, 0.3) is 5.03 Å². The number of hydrogen-bond acceptors (Lipinski definition) is 1. The van der Waals surface area contributed by atoms with Crippen LogP contribution in [0.2, 0.25) is 0 Å². The highest BCUT2D eigenvalue weighted by Crippen LogP contribution is 2.34. The molecule has 1 aromatic carbocycles. The van der Waals surface area contributed by atoms with Crippen LogP contribution in [-0.4, -0.2) is 11.1 Å². The molecule has 19 heavy (non-hydrogen) atoms. The van der Waals surface area contributed by atoms with Gasteiger partial charge in [0, 0.05) is 6.08 Å². The summed E-state index contributed by atoms with van der Waals surface area (Å²) in [7, 11) is 0. The third kappa shape index (κ3) is 3.36. The topological polar surface area (TPSA) is 37.3 Å². The van der Waals surface area contributed by atoms with E-state index < -0.39 is 5.97 Å². The zero-order valence-corrected chi connectivity index (χ0v) is 11.4. The van der Waals surface area contributed by atoms with Gasteiger partial charge in [-0.15, -0.1) is 0 Å². The second-order valence-electron chi connectivity index (χ2n) is 4.56. The van der Waals surface area contributed by atoms with Gasteiger partial charge in [0.1, 0.15) is 0 Å². The molecule has 0 fully saturated rings. The molecule has 0 radical (unpaired) electrons. The van der Waals surface area contributed by atoms with Crippen molar-refractivity contribution in [1.29, 1.82) is 0 Å². The minimum atomic E-state index is -0.943. The van der Waals surface area contributed by atoms with Crippen LogP contribution in [0.4, 0.5) is 0 Å². The quantitative estimate of drug-likeness (QED) is 0.663. The third-order valence-electron chi connectivity index (χ3n) is 3.09. The molecule has 98 valence electrons. The molecule has 0 spiro atoms. The number of benzene rings is 1. The van der Waals surface area contributed by atoms with Gasteiger partial charge in [-0.1, -0.05) is 53.6 Å². The summed E-state index contributed by atoms with van der Waals surface area (Å²) < 4.78 is 0. The number of aryl methyl sites for hydroxylation is 1. The maximum atomic E-state index is 10.5. The molecule has 1 aromatic rings. The number of aliphatic carboxylic acids is 1. The second-order valence-corrected chi connectivity index (χ2v) is 4.93. The summed E-state index contributed by atoms with van der Waals surface area (Å²) in [6, 6.07) is 8.11. The van der Waals surface area contributed by atoms with E-state index in [1.54, 1.807) is 6.08 Å². The Morgan fingerprint density at radius 1 is 1.26 bits per heavy atom. The molecule has 0 aromatic heterocycles. The first-order valence-corrected chi connectivity index (χ1v) is 6.52. The second kappa shape index (κ2) is 5.89. The number of rotatable bonds is 3. The zero-order chi connectivity index (χ0) is 13.8. The smallest absolute Gasteiger partial charge is 0.328 e. The van der Waals surface area contributed by atoms with Crippen LogP contribution in [0.15, 0.2) is 53.6 Å². The van der Waals surface area contributed by atoms with Crippen molar-refractivity contribution < 1.29 is 9.90 Å². The van der Waals surface area contributed by atoms with Gasteiger partial charge in [0.2, 0.25) is 0 Å². The monoisotopic (exact) mass is 274 g/mol. The Labute approximate surface area is 117 Å². The first-order chi connectivity index (χ1) is 9.08. The largest absolute Gasteiger partial charge is 0.478 e. The molecule has 0 unspecified atom stereocenters. The molecule has 2 rings (SSSR count). The molecule has 0 saturated heterocycles. The lowest BCUT2D eigenvalue weighted by Gasteiger charge is -2.18. The molecule has 2 nitrogen and oxygen atoms in total. The summed E-state index contributed by atoms with van der Waals surface area (Å²) in [6.07, 6.45) is 6.52. The SMILES string of the molecule is CC(/C=C/C(=O)O)=C\C1=C(Cl)c2ccccc2CC1. The van der Waals surface area contributed by atoms with Crippen molar-refractivity contribution in [1.82, 2.24) is 0 Å². The Kier molecular flexibility index (Phi) is 4.23. The number of hydrogen-bond donors (Lipinski definition) is 1. The number of allylic oxidation sites excluding steroid dienone is 4. The summed E-state index contributed by atoms with van der Waals surface area (Å²) in [6.45, 7) is 1.87. The van der Waals surface area contributed by atoms with E-state index in [1.165, 1.54) is 5.56 Å². The summed E-state index contributed by atoms with van der Waals surface area (Å²) in [4.78, 5) is 10.5. The fraction of sp³-hybridized carbons (Fsp3) is 0.188. The lowest BCUT2D eigenvalue weighted by Crippen LogP contribution is -2.01. The fourth-order valence-corrected chi connectivity index (χ4v) is 2.50. The molecule has 1 aliphatic rings. The number of halogens is 1. The van der Waals surface area contributed by atoms with Gasteiger partial charge in [0.05, 0.1) is 5.03 Å². The third-order valence-corrected chi connectivity index (χ3v) is 3.54. The molecule has 0 atom stereocenters. The summed E-state index contributed by atoms with van der Waals surface area (Å²) in [5.41, 5.74) is 4.29. The molecule has 0 saturated carbocycles. The summed E-state index contributed by atoms with van der Waals surface area (Å²) in [5, 5.41) is 9.37. The highest BCUT2D eigenvalue weighted by Gasteiger charge is 2.15. The number of fused-ring (bicyclic) bond motifs is 1. The Morgan fingerprint density at radius 3 is 2.74 bits per heavy atom. The van der Waals surface area contributed by atoms with E-state index in [0.29, 0.717) is 0 Å². The van der Waals surface area contributed by atoms with E-state index in [2.05, 4.69) is 6.07 Å². The minimum Gasteiger partial charge on any atom is -0.478 e. The van der Waals surface area contributed by atoms with Gasteiger partial charge in [-0.3, -0.25) is 0 Å². The number of carbonyl (C=O) groups is 1. The van der Waals surface area contributed by atoms with Gasteiger partial charge in [-0.2, -0.15) is 0 Å².